The molecule has 9 nitrogen and oxygen atoms in total. The summed E-state index contributed by atoms with van der Waals surface area (Å²) in [7, 11) is 5.39. The molecule has 1 spiro atoms. The van der Waals surface area contributed by atoms with E-state index in [0.29, 0.717) is 49.6 Å². The van der Waals surface area contributed by atoms with Crippen LogP contribution in [0.4, 0.5) is 5.69 Å². The minimum absolute atomic E-state index is 0.0630. The molecule has 166 valence electrons. The molecule has 1 atom stereocenters. The second-order valence-electron chi connectivity index (χ2n) is 8.37. The number of hydrogen-bond acceptors (Lipinski definition) is 6. The summed E-state index contributed by atoms with van der Waals surface area (Å²) in [6.45, 7) is 2.41. The minimum atomic E-state index is -0.581. The number of amides is 2. The summed E-state index contributed by atoms with van der Waals surface area (Å²) in [6.07, 6.45) is 2.55. The molecule has 0 radical (unpaired) electrons. The first-order chi connectivity index (χ1) is 14.9. The lowest BCUT2D eigenvalue weighted by Gasteiger charge is -2.48. The van der Waals surface area contributed by atoms with E-state index in [9.17, 15) is 9.59 Å². The van der Waals surface area contributed by atoms with Crippen LogP contribution in [-0.2, 0) is 16.6 Å². The summed E-state index contributed by atoms with van der Waals surface area (Å²) < 4.78 is 13.2. The topological polar surface area (TPSA) is 88.9 Å². The van der Waals surface area contributed by atoms with Crippen molar-refractivity contribution in [2.45, 2.75) is 24.5 Å². The molecule has 1 aromatic heterocycles. The summed E-state index contributed by atoms with van der Waals surface area (Å²) in [5.74, 6) is 0.444. The molecule has 0 unspecified atom stereocenters. The summed E-state index contributed by atoms with van der Waals surface area (Å²) in [6, 6.07) is 9.00. The summed E-state index contributed by atoms with van der Waals surface area (Å²) in [5, 5.41) is 7.15. The molecule has 2 fully saturated rings. The lowest BCUT2D eigenvalue weighted by molar-refractivity contribution is -0.176. The minimum Gasteiger partial charge on any atom is -0.497 e. The number of nitrogens with one attached hydrogen (secondary N) is 1. The van der Waals surface area contributed by atoms with Gasteiger partial charge in [0.15, 0.2) is 0 Å². The number of hydrogen-bond donors (Lipinski definition) is 1. The van der Waals surface area contributed by atoms with Crippen LogP contribution in [0.15, 0.2) is 36.5 Å². The Balaban J connectivity index is 1.39. The zero-order valence-corrected chi connectivity index (χ0v) is 18.2. The van der Waals surface area contributed by atoms with Crippen LogP contribution in [0.5, 0.6) is 5.75 Å². The van der Waals surface area contributed by atoms with Crippen molar-refractivity contribution in [3.8, 4) is 5.75 Å². The lowest BCUT2D eigenvalue weighted by atomic mass is 9.88. The molecule has 0 bridgehead atoms. The van der Waals surface area contributed by atoms with Gasteiger partial charge in [0.05, 0.1) is 12.7 Å². The predicted molar refractivity (Wildman–Crippen MR) is 115 cm³/mol. The van der Waals surface area contributed by atoms with Crippen LogP contribution in [-0.4, -0.2) is 83.4 Å². The smallest absolute Gasteiger partial charge is 0.274 e. The van der Waals surface area contributed by atoms with Crippen molar-refractivity contribution in [3.63, 3.8) is 0 Å². The third kappa shape index (κ3) is 4.72. The molecular weight excluding hydrogens is 398 g/mol. The maximum absolute atomic E-state index is 12.9. The van der Waals surface area contributed by atoms with Crippen LogP contribution in [0.1, 0.15) is 23.3 Å². The maximum atomic E-state index is 12.9. The molecule has 2 saturated heterocycles. The summed E-state index contributed by atoms with van der Waals surface area (Å²) in [4.78, 5) is 29.6. The second kappa shape index (κ2) is 8.68. The molecule has 0 aliphatic carbocycles. The van der Waals surface area contributed by atoms with Gasteiger partial charge < -0.3 is 24.6 Å². The number of carbonyl (C=O) groups excluding carboxylic acids is 2. The van der Waals surface area contributed by atoms with Gasteiger partial charge in [-0.2, -0.15) is 5.10 Å². The van der Waals surface area contributed by atoms with E-state index >= 15 is 0 Å². The van der Waals surface area contributed by atoms with E-state index in [1.54, 1.807) is 37.2 Å². The number of likely N-dealkylation sites (N-methyl/N-ethyl adjacent to an activating group) is 1. The van der Waals surface area contributed by atoms with E-state index < -0.39 is 11.7 Å². The highest BCUT2D eigenvalue weighted by Crippen LogP contribution is 2.33. The van der Waals surface area contributed by atoms with Gasteiger partial charge in [0.25, 0.3) is 11.8 Å². The molecule has 2 aliphatic rings. The van der Waals surface area contributed by atoms with Crippen LogP contribution < -0.4 is 10.1 Å². The predicted octanol–water partition coefficient (Wildman–Crippen LogP) is 1.37. The Labute approximate surface area is 181 Å². The number of aromatic nitrogens is 2. The Hall–Kier alpha value is -2.91. The Bertz CT molecular complexity index is 951. The van der Waals surface area contributed by atoms with E-state index in [-0.39, 0.29) is 11.8 Å². The van der Waals surface area contributed by atoms with Gasteiger partial charge in [0, 0.05) is 51.2 Å². The molecule has 1 N–H and O–H groups in total. The number of benzene rings is 1. The van der Waals surface area contributed by atoms with Gasteiger partial charge in [-0.05, 0) is 38.1 Å². The van der Waals surface area contributed by atoms with Gasteiger partial charge in [-0.15, -0.1) is 0 Å². The fraction of sp³-hybridized carbons (Fsp3) is 0.500. The largest absolute Gasteiger partial charge is 0.497 e. The molecule has 0 saturated carbocycles. The molecule has 2 aromatic rings. The Morgan fingerprint density at radius 1 is 1.23 bits per heavy atom. The second-order valence-corrected chi connectivity index (χ2v) is 8.37. The highest BCUT2D eigenvalue weighted by Gasteiger charge is 2.45. The monoisotopic (exact) mass is 427 g/mol. The molecule has 4 rings (SSSR count). The zero-order chi connectivity index (χ0) is 22.0. The number of likely N-dealkylation sites (tertiary alicyclic amines) is 1. The fourth-order valence-electron chi connectivity index (χ4n) is 4.36. The van der Waals surface area contributed by atoms with Crippen molar-refractivity contribution in [2.24, 2.45) is 7.05 Å². The fourth-order valence-corrected chi connectivity index (χ4v) is 4.36. The first kappa shape index (κ1) is 21.3. The number of aryl methyl sites for hydroxylation is 1. The van der Waals surface area contributed by atoms with E-state index in [1.807, 2.05) is 30.1 Å². The van der Waals surface area contributed by atoms with Crippen molar-refractivity contribution >= 4 is 17.5 Å². The van der Waals surface area contributed by atoms with Crippen molar-refractivity contribution < 1.29 is 19.1 Å². The lowest BCUT2D eigenvalue weighted by Crippen LogP contribution is -2.61. The van der Waals surface area contributed by atoms with Gasteiger partial charge in [-0.3, -0.25) is 14.3 Å². The Morgan fingerprint density at radius 3 is 2.68 bits per heavy atom. The van der Waals surface area contributed by atoms with Crippen molar-refractivity contribution in [2.75, 3.05) is 45.7 Å². The molecule has 31 heavy (non-hydrogen) atoms. The first-order valence-corrected chi connectivity index (χ1v) is 10.5. The zero-order valence-electron chi connectivity index (χ0n) is 18.2. The average molecular weight is 428 g/mol. The highest BCUT2D eigenvalue weighted by molar-refractivity contribution is 5.94. The molecule has 9 heteroatoms. The summed E-state index contributed by atoms with van der Waals surface area (Å²) in [5.41, 5.74) is 0.686. The number of carbonyl (C=O) groups is 2. The molecular formula is C22H29N5O4. The number of nitrogens with zero attached hydrogens (tertiary/aromatic N) is 4. The molecule has 1 aromatic carbocycles. The van der Waals surface area contributed by atoms with Gasteiger partial charge in [0.2, 0.25) is 0 Å². The first-order valence-electron chi connectivity index (χ1n) is 10.5. The third-order valence-corrected chi connectivity index (χ3v) is 5.95. The summed E-state index contributed by atoms with van der Waals surface area (Å²) >= 11 is 0. The van der Waals surface area contributed by atoms with Gasteiger partial charge in [-0.25, -0.2) is 0 Å². The number of piperidine rings is 1. The van der Waals surface area contributed by atoms with Gasteiger partial charge in [0.1, 0.15) is 17.5 Å². The van der Waals surface area contributed by atoms with E-state index in [2.05, 4.69) is 15.3 Å². The maximum Gasteiger partial charge on any atom is 0.274 e. The molecule has 2 amide bonds. The van der Waals surface area contributed by atoms with Crippen molar-refractivity contribution in [1.29, 1.82) is 0 Å². The SMILES string of the molecule is COc1cccc(NC(=O)[C@H]2CN(C)CC3(CCN(C(=O)c4ccn(C)n4)CC3)O2)c1. The van der Waals surface area contributed by atoms with Crippen LogP contribution in [0.2, 0.25) is 0 Å². The number of ether oxygens (including phenoxy) is 2. The molecule has 2 aliphatic heterocycles. The third-order valence-electron chi connectivity index (χ3n) is 5.95. The molecule has 3 heterocycles. The average Bonchev–Trinajstić information content (AvgIpc) is 3.19. The van der Waals surface area contributed by atoms with Crippen LogP contribution >= 0.6 is 0 Å². The van der Waals surface area contributed by atoms with Crippen molar-refractivity contribution in [1.82, 2.24) is 19.6 Å². The standard InChI is InChI=1S/C22H29N5O4/c1-25-14-19(20(28)23-16-5-4-6-17(13-16)30-3)31-22(15-25)8-11-27(12-9-22)21(29)18-7-10-26(2)24-18/h4-7,10,13,19H,8-9,11-12,14-15H2,1-3H3,(H,23,28)/t19-/m1/s1. The van der Waals surface area contributed by atoms with E-state index in [1.165, 1.54) is 0 Å². The number of anilines is 1. The number of morpholine rings is 1. The Kier molecular flexibility index (Phi) is 5.97. The van der Waals surface area contributed by atoms with Gasteiger partial charge >= 0.3 is 0 Å². The number of rotatable bonds is 4. The van der Waals surface area contributed by atoms with Crippen LogP contribution in [0, 0.1) is 0 Å². The van der Waals surface area contributed by atoms with Crippen LogP contribution in [0.3, 0.4) is 0 Å². The van der Waals surface area contributed by atoms with Crippen LogP contribution in [0.25, 0.3) is 0 Å². The number of methoxy groups -OCH3 is 1. The quantitative estimate of drug-likeness (QED) is 0.793. The highest BCUT2D eigenvalue weighted by atomic mass is 16.5. The normalized spacial score (nSPS) is 21.1. The van der Waals surface area contributed by atoms with Crippen molar-refractivity contribution in [3.05, 3.63) is 42.2 Å². The van der Waals surface area contributed by atoms with E-state index in [0.717, 1.165) is 6.54 Å². The Morgan fingerprint density at radius 2 is 2.00 bits per heavy atom. The van der Waals surface area contributed by atoms with E-state index in [4.69, 9.17) is 9.47 Å². The van der Waals surface area contributed by atoms with Gasteiger partial charge in [-0.1, -0.05) is 6.07 Å².